The van der Waals surface area contributed by atoms with E-state index in [1.54, 1.807) is 0 Å². The van der Waals surface area contributed by atoms with Crippen molar-refractivity contribution in [3.63, 3.8) is 0 Å². The predicted molar refractivity (Wildman–Crippen MR) is 238 cm³/mol. The van der Waals surface area contributed by atoms with Crippen molar-refractivity contribution in [2.45, 2.75) is 174 Å². The van der Waals surface area contributed by atoms with E-state index in [0.29, 0.717) is 19.4 Å². The fourth-order valence-electron chi connectivity index (χ4n) is 5.59. The van der Waals surface area contributed by atoms with Crippen LogP contribution < -0.4 is 0 Å². The standard InChI is InChI=1S/C47H82NO8P/c1-5-7-9-11-13-15-17-19-21-22-23-24-26-27-29-31-33-35-37-39-46(49)53-43-45(44-55-57(51,52)54-42-41-48(3)4)56-47(50)40-38-36-34-32-30-28-25-20-18-16-14-12-10-8-6-2/h7,9,13,15-16,18-19,21,23-24,27,29,45H,5-6,8,10-12,14,17,20,22,25-26,28,30-44H2,1-4H3,(H,51,52)/b9-7-,15-13-,18-16-,21-19-,24-23-,29-27-. The number of likely N-dealkylation sites (N-methyl/N-ethyl adjacent to an activating group) is 1. The first-order valence-corrected chi connectivity index (χ1v) is 23.7. The third-order valence-electron chi connectivity index (χ3n) is 9.00. The highest BCUT2D eigenvalue weighted by atomic mass is 31.2. The summed E-state index contributed by atoms with van der Waals surface area (Å²) in [5.74, 6) is -0.851. The minimum absolute atomic E-state index is 0.00244. The molecule has 0 aromatic carbocycles. The summed E-state index contributed by atoms with van der Waals surface area (Å²) in [6.07, 6.45) is 49.4. The van der Waals surface area contributed by atoms with Gasteiger partial charge in [0, 0.05) is 19.4 Å². The fraction of sp³-hybridized carbons (Fsp3) is 0.702. The molecule has 0 aliphatic rings. The summed E-state index contributed by atoms with van der Waals surface area (Å²) in [5, 5.41) is 0. The molecule has 0 saturated carbocycles. The van der Waals surface area contributed by atoms with Crippen molar-refractivity contribution in [1.82, 2.24) is 4.90 Å². The minimum atomic E-state index is -4.37. The molecule has 0 bridgehead atoms. The lowest BCUT2D eigenvalue weighted by atomic mass is 10.1. The first kappa shape index (κ1) is 54.5. The smallest absolute Gasteiger partial charge is 0.462 e. The van der Waals surface area contributed by atoms with Gasteiger partial charge >= 0.3 is 19.8 Å². The van der Waals surface area contributed by atoms with Crippen LogP contribution in [0.15, 0.2) is 72.9 Å². The number of hydrogen-bond acceptors (Lipinski definition) is 8. The molecule has 0 radical (unpaired) electrons. The number of rotatable bonds is 40. The molecule has 0 aromatic rings. The van der Waals surface area contributed by atoms with E-state index < -0.39 is 32.5 Å². The summed E-state index contributed by atoms with van der Waals surface area (Å²) in [4.78, 5) is 37.0. The van der Waals surface area contributed by atoms with Crippen molar-refractivity contribution in [1.29, 1.82) is 0 Å². The highest BCUT2D eigenvalue weighted by Crippen LogP contribution is 2.43. The second-order valence-corrected chi connectivity index (χ2v) is 16.3. The van der Waals surface area contributed by atoms with Gasteiger partial charge in [0.25, 0.3) is 0 Å². The van der Waals surface area contributed by atoms with Gasteiger partial charge in [0.05, 0.1) is 13.2 Å². The van der Waals surface area contributed by atoms with Crippen LogP contribution in [0.5, 0.6) is 0 Å². The molecule has 2 atom stereocenters. The molecule has 0 aliphatic heterocycles. The number of unbranched alkanes of at least 4 members (excludes halogenated alkanes) is 14. The Morgan fingerprint density at radius 3 is 1.53 bits per heavy atom. The van der Waals surface area contributed by atoms with Gasteiger partial charge in [-0.3, -0.25) is 18.6 Å². The molecule has 0 aromatic heterocycles. The summed E-state index contributed by atoms with van der Waals surface area (Å²) >= 11 is 0. The Hall–Kier alpha value is -2.55. The summed E-state index contributed by atoms with van der Waals surface area (Å²) in [6.45, 7) is 4.14. The van der Waals surface area contributed by atoms with E-state index in [9.17, 15) is 19.0 Å². The lowest BCUT2D eigenvalue weighted by Gasteiger charge is -2.20. The molecule has 328 valence electrons. The number of phosphoric acid groups is 1. The summed E-state index contributed by atoms with van der Waals surface area (Å²) in [7, 11) is -0.737. The van der Waals surface area contributed by atoms with Gasteiger partial charge in [-0.2, -0.15) is 0 Å². The Bertz CT molecular complexity index is 1180. The zero-order chi connectivity index (χ0) is 41.9. The normalized spacial score (nSPS) is 14.1. The van der Waals surface area contributed by atoms with Crippen molar-refractivity contribution in [2.24, 2.45) is 0 Å². The number of allylic oxidation sites excluding steroid dienone is 12. The largest absolute Gasteiger partial charge is 0.472 e. The number of ether oxygens (including phenoxy) is 2. The number of carbonyl (C=O) groups is 2. The van der Waals surface area contributed by atoms with Crippen LogP contribution in [0, 0.1) is 0 Å². The third kappa shape index (κ3) is 42.9. The maximum Gasteiger partial charge on any atom is 0.472 e. The topological polar surface area (TPSA) is 112 Å². The van der Waals surface area contributed by atoms with Crippen LogP contribution in [0.1, 0.15) is 168 Å². The molecular weight excluding hydrogens is 737 g/mol. The first-order chi connectivity index (χ1) is 27.7. The summed E-state index contributed by atoms with van der Waals surface area (Å²) in [6, 6.07) is 0. The van der Waals surface area contributed by atoms with Gasteiger partial charge in [-0.05, 0) is 97.6 Å². The average molecular weight is 820 g/mol. The molecule has 0 heterocycles. The van der Waals surface area contributed by atoms with E-state index in [1.165, 1.54) is 51.4 Å². The summed E-state index contributed by atoms with van der Waals surface area (Å²) < 4.78 is 33.4. The Morgan fingerprint density at radius 1 is 0.561 bits per heavy atom. The van der Waals surface area contributed by atoms with Crippen LogP contribution >= 0.6 is 7.82 Å². The van der Waals surface area contributed by atoms with Crippen molar-refractivity contribution in [3.8, 4) is 0 Å². The van der Waals surface area contributed by atoms with Crippen LogP contribution in [-0.2, 0) is 32.7 Å². The van der Waals surface area contributed by atoms with E-state index in [-0.39, 0.29) is 26.1 Å². The van der Waals surface area contributed by atoms with Crippen LogP contribution in [-0.4, -0.2) is 68.3 Å². The molecule has 0 amide bonds. The van der Waals surface area contributed by atoms with Gasteiger partial charge < -0.3 is 19.3 Å². The zero-order valence-corrected chi connectivity index (χ0v) is 37.4. The second-order valence-electron chi connectivity index (χ2n) is 14.8. The van der Waals surface area contributed by atoms with Gasteiger partial charge in [0.2, 0.25) is 0 Å². The average Bonchev–Trinajstić information content (AvgIpc) is 3.18. The van der Waals surface area contributed by atoms with Crippen LogP contribution in [0.4, 0.5) is 0 Å². The Kier molecular flexibility index (Phi) is 39.7. The van der Waals surface area contributed by atoms with Gasteiger partial charge in [0.1, 0.15) is 6.61 Å². The highest BCUT2D eigenvalue weighted by molar-refractivity contribution is 7.47. The third-order valence-corrected chi connectivity index (χ3v) is 9.98. The molecule has 10 heteroatoms. The van der Waals surface area contributed by atoms with Gasteiger partial charge in [-0.15, -0.1) is 0 Å². The zero-order valence-electron chi connectivity index (χ0n) is 36.5. The number of carbonyl (C=O) groups excluding carboxylic acids is 2. The molecule has 0 aliphatic carbocycles. The van der Waals surface area contributed by atoms with Gasteiger partial charge in [0.15, 0.2) is 6.10 Å². The molecule has 0 spiro atoms. The van der Waals surface area contributed by atoms with E-state index >= 15 is 0 Å². The van der Waals surface area contributed by atoms with Crippen LogP contribution in [0.3, 0.4) is 0 Å². The first-order valence-electron chi connectivity index (χ1n) is 22.2. The lowest BCUT2D eigenvalue weighted by molar-refractivity contribution is -0.161. The molecule has 0 rings (SSSR count). The van der Waals surface area contributed by atoms with Gasteiger partial charge in [-0.1, -0.05) is 145 Å². The monoisotopic (exact) mass is 820 g/mol. The number of esters is 2. The SMILES string of the molecule is CC/C=C\C/C=C\C/C=C\C/C=C\C/C=C\CCCCCC(=O)OCC(COP(=O)(O)OCCN(C)C)OC(=O)CCCCCCCCC/C=C\CCCCCC. The number of phosphoric ester groups is 1. The molecule has 0 fully saturated rings. The fourth-order valence-corrected chi connectivity index (χ4v) is 6.33. The molecule has 2 unspecified atom stereocenters. The quantitative estimate of drug-likeness (QED) is 0.0279. The number of nitrogens with zero attached hydrogens (tertiary/aromatic N) is 1. The second kappa shape index (κ2) is 41.6. The van der Waals surface area contributed by atoms with Crippen molar-refractivity contribution >= 4 is 19.8 Å². The van der Waals surface area contributed by atoms with E-state index in [4.69, 9.17) is 18.5 Å². The molecule has 1 N–H and O–H groups in total. The van der Waals surface area contributed by atoms with Crippen molar-refractivity contribution < 1.29 is 37.6 Å². The van der Waals surface area contributed by atoms with E-state index in [0.717, 1.165) is 77.0 Å². The molecule has 9 nitrogen and oxygen atoms in total. The predicted octanol–water partition coefficient (Wildman–Crippen LogP) is 12.9. The van der Waals surface area contributed by atoms with Crippen LogP contribution in [0.25, 0.3) is 0 Å². The van der Waals surface area contributed by atoms with Crippen molar-refractivity contribution in [3.05, 3.63) is 72.9 Å². The van der Waals surface area contributed by atoms with E-state index in [1.807, 2.05) is 19.0 Å². The molecule has 57 heavy (non-hydrogen) atoms. The Labute approximate surface area is 348 Å². The summed E-state index contributed by atoms with van der Waals surface area (Å²) in [5.41, 5.74) is 0. The van der Waals surface area contributed by atoms with Crippen LogP contribution in [0.2, 0.25) is 0 Å². The van der Waals surface area contributed by atoms with Gasteiger partial charge in [-0.25, -0.2) is 4.57 Å². The maximum absolute atomic E-state index is 12.7. The highest BCUT2D eigenvalue weighted by Gasteiger charge is 2.26. The number of hydrogen-bond donors (Lipinski definition) is 1. The maximum atomic E-state index is 12.7. The Balaban J connectivity index is 4.36. The Morgan fingerprint density at radius 2 is 1.00 bits per heavy atom. The molecular formula is C47H82NO8P. The van der Waals surface area contributed by atoms with E-state index in [2.05, 4.69) is 86.8 Å². The molecule has 0 saturated heterocycles. The lowest BCUT2D eigenvalue weighted by Crippen LogP contribution is -2.29. The van der Waals surface area contributed by atoms with Crippen molar-refractivity contribution in [2.75, 3.05) is 40.5 Å². The minimum Gasteiger partial charge on any atom is -0.462 e.